The van der Waals surface area contributed by atoms with Gasteiger partial charge in [-0.15, -0.1) is 0 Å². The summed E-state index contributed by atoms with van der Waals surface area (Å²) >= 11 is -0.368. The summed E-state index contributed by atoms with van der Waals surface area (Å²) in [5, 5.41) is 4.60. The van der Waals surface area contributed by atoms with E-state index < -0.39 is 15.8 Å². The van der Waals surface area contributed by atoms with E-state index in [1.54, 1.807) is 10.6 Å². The zero-order valence-corrected chi connectivity index (χ0v) is 32.6. The van der Waals surface area contributed by atoms with Gasteiger partial charge in [0.05, 0.1) is 31.2 Å². The van der Waals surface area contributed by atoms with Crippen LogP contribution in [0.2, 0.25) is 0 Å². The van der Waals surface area contributed by atoms with Gasteiger partial charge in [0.25, 0.3) is 0 Å². The van der Waals surface area contributed by atoms with E-state index in [0.717, 1.165) is 0 Å². The molecule has 7 heteroatoms. The molecule has 0 spiro atoms. The standard InChI is InChI=1S/2C16H28NP.2ClH.V/c2*1-15(2,3)18(16(4,5)6)14-11-9-13(10-12-14)17(7)8;;;/h2*9-12H,1-8H3;2*1H;/q;;;;+2. The number of halogens is 2. The van der Waals surface area contributed by atoms with E-state index >= 15 is 0 Å². The van der Waals surface area contributed by atoms with Crippen LogP contribution in [0.15, 0.2) is 48.5 Å². The van der Waals surface area contributed by atoms with Crippen LogP contribution >= 0.6 is 35.5 Å². The monoisotopic (exact) mass is 653 g/mol. The Morgan fingerprint density at radius 1 is 0.462 bits per heavy atom. The fraction of sp³-hybridized carbons (Fsp3) is 0.625. The van der Waals surface area contributed by atoms with Crippen molar-refractivity contribution in [3.8, 4) is 0 Å². The van der Waals surface area contributed by atoms with Gasteiger partial charge in [-0.05, 0) is 132 Å². The first-order valence-electron chi connectivity index (χ1n) is 13.7. The molecule has 0 heterocycles. The average molecular weight is 655 g/mol. The van der Waals surface area contributed by atoms with Crippen LogP contribution in [0, 0.1) is 0 Å². The number of rotatable bonds is 4. The van der Waals surface area contributed by atoms with E-state index in [1.165, 1.54) is 11.4 Å². The normalized spacial score (nSPS) is 12.3. The summed E-state index contributed by atoms with van der Waals surface area (Å²) < 4.78 is 0. The van der Waals surface area contributed by atoms with Crippen LogP contribution in [0.1, 0.15) is 83.1 Å². The summed E-state index contributed by atoms with van der Waals surface area (Å²) in [5.41, 5.74) is 2.56. The Balaban J connectivity index is 0.000000673. The van der Waals surface area contributed by atoms with Crippen molar-refractivity contribution >= 4 is 57.5 Å². The van der Waals surface area contributed by atoms with Crippen molar-refractivity contribution in [2.24, 2.45) is 0 Å². The number of anilines is 2. The molecular weight excluding hydrogens is 596 g/mol. The molecular formula is C32H58Cl2N2P2V+2. The molecule has 2 aromatic rings. The SMILES string of the molecule is CN(C)c1ccc([PH+](C(C)(C)C)C(C)(C)C)cc1.CN(C)c1ccc([PH+](C(C)(C)C)C(C)(C)C)cc1.[Cl][V][Cl]. The maximum atomic E-state index is 4.86. The van der Waals surface area contributed by atoms with Crippen molar-refractivity contribution in [3.63, 3.8) is 0 Å². The van der Waals surface area contributed by atoms with Gasteiger partial charge in [0.1, 0.15) is 0 Å². The third kappa shape index (κ3) is 13.7. The van der Waals surface area contributed by atoms with Crippen LogP contribution in [0.4, 0.5) is 11.4 Å². The van der Waals surface area contributed by atoms with Gasteiger partial charge in [0.15, 0.2) is 0 Å². The molecule has 0 atom stereocenters. The second kappa shape index (κ2) is 16.1. The third-order valence-corrected chi connectivity index (χ3v) is 14.2. The average Bonchev–Trinajstić information content (AvgIpc) is 2.71. The van der Waals surface area contributed by atoms with Crippen LogP contribution in [0.3, 0.4) is 0 Å². The van der Waals surface area contributed by atoms with Crippen molar-refractivity contribution in [1.29, 1.82) is 0 Å². The summed E-state index contributed by atoms with van der Waals surface area (Å²) in [7, 11) is 16.9. The first kappa shape index (κ1) is 39.1. The van der Waals surface area contributed by atoms with E-state index in [-0.39, 0.29) is 14.4 Å². The van der Waals surface area contributed by atoms with Crippen molar-refractivity contribution in [2.45, 2.75) is 104 Å². The molecule has 0 saturated carbocycles. The van der Waals surface area contributed by atoms with Gasteiger partial charge < -0.3 is 9.80 Å². The van der Waals surface area contributed by atoms with Crippen molar-refractivity contribution in [2.75, 3.05) is 38.0 Å². The zero-order chi connectivity index (χ0) is 31.0. The summed E-state index contributed by atoms with van der Waals surface area (Å²) in [6.45, 7) is 28.6. The van der Waals surface area contributed by atoms with E-state index in [9.17, 15) is 0 Å². The van der Waals surface area contributed by atoms with Gasteiger partial charge in [-0.3, -0.25) is 0 Å². The molecule has 0 saturated heterocycles. The molecule has 0 amide bonds. The molecule has 0 radical (unpaired) electrons. The minimum absolute atomic E-state index is 0.368. The van der Waals surface area contributed by atoms with Crippen LogP contribution in [0.25, 0.3) is 0 Å². The van der Waals surface area contributed by atoms with E-state index in [1.807, 2.05) is 0 Å². The second-order valence-corrected chi connectivity index (χ2v) is 25.7. The fourth-order valence-electron chi connectivity index (χ4n) is 5.83. The van der Waals surface area contributed by atoms with E-state index in [0.29, 0.717) is 20.6 Å². The number of hydrogen-bond donors (Lipinski definition) is 0. The van der Waals surface area contributed by atoms with E-state index in [4.69, 9.17) is 19.7 Å². The maximum absolute atomic E-state index is 4.86. The molecule has 0 aliphatic heterocycles. The van der Waals surface area contributed by atoms with E-state index in [2.05, 4.69) is 170 Å². The summed E-state index contributed by atoms with van der Waals surface area (Å²) in [6.07, 6.45) is 0. The summed E-state index contributed by atoms with van der Waals surface area (Å²) in [5.74, 6) is 0. The summed E-state index contributed by atoms with van der Waals surface area (Å²) in [4.78, 5) is 4.31. The molecule has 39 heavy (non-hydrogen) atoms. The van der Waals surface area contributed by atoms with Gasteiger partial charge >= 0.3 is 34.1 Å². The Kier molecular flexibility index (Phi) is 16.1. The fourth-order valence-corrected chi connectivity index (χ4v) is 14.8. The van der Waals surface area contributed by atoms with Gasteiger partial charge in [-0.25, -0.2) is 0 Å². The Morgan fingerprint density at radius 3 is 0.769 bits per heavy atom. The molecule has 0 N–H and O–H groups in total. The molecule has 0 aliphatic carbocycles. The molecule has 223 valence electrons. The first-order chi connectivity index (χ1) is 17.5. The predicted octanol–water partition coefficient (Wildman–Crippen LogP) is 9.75. The molecule has 2 aromatic carbocycles. The van der Waals surface area contributed by atoms with Gasteiger partial charge in [-0.1, -0.05) is 0 Å². The predicted molar refractivity (Wildman–Crippen MR) is 188 cm³/mol. The van der Waals surface area contributed by atoms with Crippen LogP contribution in [-0.4, -0.2) is 48.8 Å². The van der Waals surface area contributed by atoms with Crippen molar-refractivity contribution < 1.29 is 14.4 Å². The molecule has 2 rings (SSSR count). The van der Waals surface area contributed by atoms with Gasteiger partial charge in [0, 0.05) is 55.4 Å². The second-order valence-electron chi connectivity index (χ2n) is 14.7. The number of hydrogen-bond acceptors (Lipinski definition) is 2. The van der Waals surface area contributed by atoms with Crippen molar-refractivity contribution in [3.05, 3.63) is 48.5 Å². The van der Waals surface area contributed by atoms with Crippen LogP contribution in [0.5, 0.6) is 0 Å². The zero-order valence-electron chi connectivity index (χ0n) is 27.7. The Morgan fingerprint density at radius 2 is 0.641 bits per heavy atom. The molecule has 0 unspecified atom stereocenters. The summed E-state index contributed by atoms with van der Waals surface area (Å²) in [6, 6.07) is 18.3. The number of nitrogens with zero attached hydrogens (tertiary/aromatic N) is 2. The van der Waals surface area contributed by atoms with Gasteiger partial charge in [-0.2, -0.15) is 0 Å². The quantitative estimate of drug-likeness (QED) is 0.303. The van der Waals surface area contributed by atoms with Crippen LogP contribution in [-0.2, 0) is 14.4 Å². The molecule has 0 aliphatic rings. The first-order valence-corrected chi connectivity index (χ1v) is 20.6. The topological polar surface area (TPSA) is 6.48 Å². The molecule has 2 nitrogen and oxygen atoms in total. The van der Waals surface area contributed by atoms with Crippen LogP contribution < -0.4 is 20.4 Å². The van der Waals surface area contributed by atoms with Crippen molar-refractivity contribution in [1.82, 2.24) is 0 Å². The minimum atomic E-state index is -0.614. The Labute approximate surface area is 260 Å². The van der Waals surface area contributed by atoms with Gasteiger partial charge in [0.2, 0.25) is 0 Å². The Hall–Kier alpha value is 0.0644. The molecule has 0 fully saturated rings. The molecule has 0 aromatic heterocycles. The number of benzene rings is 2. The molecule has 0 bridgehead atoms. The third-order valence-electron chi connectivity index (χ3n) is 6.34. The Bertz CT molecular complexity index is 843.